The fourth-order valence-corrected chi connectivity index (χ4v) is 2.48. The molecule has 2 aromatic carbocycles. The second-order valence-corrected chi connectivity index (χ2v) is 4.58. The Morgan fingerprint density at radius 1 is 1.15 bits per heavy atom. The Bertz CT molecular complexity index is 854. The van der Waals surface area contributed by atoms with E-state index in [1.54, 1.807) is 24.3 Å². The first-order valence-electron chi connectivity index (χ1n) is 5.85. The summed E-state index contributed by atoms with van der Waals surface area (Å²) in [5.41, 5.74) is 1.05. The topological polar surface area (TPSA) is 29.9 Å². The second-order valence-electron chi connectivity index (χ2n) is 4.19. The van der Waals surface area contributed by atoms with E-state index in [1.165, 1.54) is 17.7 Å². The number of fused-ring (bicyclic) bond motifs is 1. The van der Waals surface area contributed by atoms with E-state index in [1.807, 2.05) is 0 Å². The lowest BCUT2D eigenvalue weighted by atomic mass is 10.2. The molecule has 0 aliphatic carbocycles. The lowest BCUT2D eigenvalue weighted by Gasteiger charge is -2.10. The van der Waals surface area contributed by atoms with Gasteiger partial charge in [0.1, 0.15) is 11.3 Å². The number of nitrogens with zero attached hydrogens (tertiary/aromatic N) is 1. The van der Waals surface area contributed by atoms with Crippen molar-refractivity contribution in [1.82, 2.24) is 9.55 Å². The van der Waals surface area contributed by atoms with Gasteiger partial charge in [0.15, 0.2) is 16.4 Å². The van der Waals surface area contributed by atoms with Crippen LogP contribution in [0.2, 0.25) is 0 Å². The van der Waals surface area contributed by atoms with Crippen molar-refractivity contribution in [3.05, 3.63) is 52.8 Å². The molecule has 0 atom stereocenters. The van der Waals surface area contributed by atoms with E-state index in [0.717, 1.165) is 6.07 Å². The average molecular weight is 292 g/mol. The van der Waals surface area contributed by atoms with Crippen LogP contribution in [0.25, 0.3) is 16.7 Å². The summed E-state index contributed by atoms with van der Waals surface area (Å²) in [6.07, 6.45) is 0. The Hall–Kier alpha value is -2.21. The molecule has 0 unspecified atom stereocenters. The molecular formula is C14H10F2N2OS. The van der Waals surface area contributed by atoms with Crippen LogP contribution in [0.5, 0.6) is 5.75 Å². The van der Waals surface area contributed by atoms with Crippen molar-refractivity contribution in [2.75, 3.05) is 7.11 Å². The molecule has 20 heavy (non-hydrogen) atoms. The van der Waals surface area contributed by atoms with Gasteiger partial charge in [-0.1, -0.05) is 12.1 Å². The average Bonchev–Trinajstić information content (AvgIpc) is 2.80. The number of hydrogen-bond acceptors (Lipinski definition) is 2. The molecule has 3 rings (SSSR count). The number of para-hydroxylation sites is 2. The van der Waals surface area contributed by atoms with Gasteiger partial charge in [-0.3, -0.25) is 4.57 Å². The number of aromatic amines is 1. The van der Waals surface area contributed by atoms with E-state index in [0.29, 0.717) is 17.0 Å². The standard InChI is InChI=1S/C14H10F2N2OS/c1-19-11-5-3-2-4-10(11)18-13-9(17-14(18)20)7-6-8(15)12(13)16/h2-7H,1H3,(H,17,20). The van der Waals surface area contributed by atoms with Crippen molar-refractivity contribution in [2.24, 2.45) is 0 Å². The first-order chi connectivity index (χ1) is 9.63. The number of benzene rings is 2. The smallest absolute Gasteiger partial charge is 0.184 e. The highest BCUT2D eigenvalue weighted by Gasteiger charge is 2.16. The Labute approximate surface area is 118 Å². The van der Waals surface area contributed by atoms with Gasteiger partial charge in [0, 0.05) is 0 Å². The van der Waals surface area contributed by atoms with Crippen LogP contribution in [0.3, 0.4) is 0 Å². The van der Waals surface area contributed by atoms with Crippen molar-refractivity contribution >= 4 is 23.3 Å². The van der Waals surface area contributed by atoms with Crippen LogP contribution in [-0.2, 0) is 0 Å². The van der Waals surface area contributed by atoms with Crippen molar-refractivity contribution < 1.29 is 13.5 Å². The normalized spacial score (nSPS) is 10.9. The molecular weight excluding hydrogens is 282 g/mol. The van der Waals surface area contributed by atoms with E-state index < -0.39 is 11.6 Å². The maximum absolute atomic E-state index is 14.1. The summed E-state index contributed by atoms with van der Waals surface area (Å²) in [7, 11) is 1.51. The lowest BCUT2D eigenvalue weighted by molar-refractivity contribution is 0.413. The zero-order valence-corrected chi connectivity index (χ0v) is 11.3. The molecule has 1 N–H and O–H groups in total. The maximum atomic E-state index is 14.1. The van der Waals surface area contributed by atoms with Crippen LogP contribution >= 0.6 is 12.2 Å². The van der Waals surface area contributed by atoms with Crippen molar-refractivity contribution in [3.8, 4) is 11.4 Å². The van der Waals surface area contributed by atoms with Gasteiger partial charge >= 0.3 is 0 Å². The molecule has 3 aromatic rings. The Kier molecular flexibility index (Phi) is 3.02. The minimum atomic E-state index is -0.944. The molecule has 0 amide bonds. The highest BCUT2D eigenvalue weighted by atomic mass is 32.1. The van der Waals surface area contributed by atoms with E-state index >= 15 is 0 Å². The zero-order valence-electron chi connectivity index (χ0n) is 10.5. The van der Waals surface area contributed by atoms with Gasteiger partial charge in [0.2, 0.25) is 0 Å². The predicted octanol–water partition coefficient (Wildman–Crippen LogP) is 3.97. The van der Waals surface area contributed by atoms with Crippen molar-refractivity contribution in [1.29, 1.82) is 0 Å². The van der Waals surface area contributed by atoms with Crippen LogP contribution in [-0.4, -0.2) is 16.7 Å². The molecule has 1 aromatic heterocycles. The second kappa shape index (κ2) is 4.72. The van der Waals surface area contributed by atoms with Gasteiger partial charge in [-0.25, -0.2) is 8.78 Å². The van der Waals surface area contributed by atoms with Crippen LogP contribution in [0.1, 0.15) is 0 Å². The summed E-state index contributed by atoms with van der Waals surface area (Å²) in [6, 6.07) is 9.54. The molecule has 0 bridgehead atoms. The number of aromatic nitrogens is 2. The van der Waals surface area contributed by atoms with E-state index in [-0.39, 0.29) is 10.3 Å². The summed E-state index contributed by atoms with van der Waals surface area (Å²) >= 11 is 5.21. The first-order valence-corrected chi connectivity index (χ1v) is 6.26. The molecule has 0 saturated carbocycles. The third-order valence-corrected chi connectivity index (χ3v) is 3.35. The minimum absolute atomic E-state index is 0.0690. The lowest BCUT2D eigenvalue weighted by Crippen LogP contribution is -2.00. The number of H-pyrrole nitrogens is 1. The van der Waals surface area contributed by atoms with Crippen LogP contribution in [0.4, 0.5) is 8.78 Å². The molecule has 6 heteroatoms. The summed E-state index contributed by atoms with van der Waals surface area (Å²) in [5.74, 6) is -1.34. The summed E-state index contributed by atoms with van der Waals surface area (Å²) in [6.45, 7) is 0. The molecule has 0 spiro atoms. The molecule has 0 radical (unpaired) electrons. The number of halogens is 2. The van der Waals surface area contributed by atoms with Gasteiger partial charge in [-0.05, 0) is 36.5 Å². The van der Waals surface area contributed by atoms with E-state index in [4.69, 9.17) is 17.0 Å². The molecule has 0 aliphatic heterocycles. The molecule has 102 valence electrons. The van der Waals surface area contributed by atoms with Gasteiger partial charge in [0.25, 0.3) is 0 Å². The first kappa shape index (κ1) is 12.8. The predicted molar refractivity (Wildman–Crippen MR) is 74.9 cm³/mol. The molecule has 3 nitrogen and oxygen atoms in total. The number of hydrogen-bond donors (Lipinski definition) is 1. The quantitative estimate of drug-likeness (QED) is 0.724. The number of nitrogens with one attached hydrogen (secondary N) is 1. The Morgan fingerprint density at radius 3 is 2.65 bits per heavy atom. The zero-order chi connectivity index (χ0) is 14.3. The highest BCUT2D eigenvalue weighted by molar-refractivity contribution is 7.71. The van der Waals surface area contributed by atoms with Gasteiger partial charge in [-0.15, -0.1) is 0 Å². The minimum Gasteiger partial charge on any atom is -0.495 e. The highest BCUT2D eigenvalue weighted by Crippen LogP contribution is 2.29. The van der Waals surface area contributed by atoms with E-state index in [2.05, 4.69) is 4.98 Å². The molecule has 0 aliphatic rings. The van der Waals surface area contributed by atoms with Crippen LogP contribution in [0.15, 0.2) is 36.4 Å². The number of imidazole rings is 1. The van der Waals surface area contributed by atoms with Crippen molar-refractivity contribution in [3.63, 3.8) is 0 Å². The van der Waals surface area contributed by atoms with E-state index in [9.17, 15) is 8.78 Å². The Morgan fingerprint density at radius 2 is 1.90 bits per heavy atom. The van der Waals surface area contributed by atoms with Gasteiger partial charge < -0.3 is 9.72 Å². The molecule has 0 saturated heterocycles. The van der Waals surface area contributed by atoms with Crippen molar-refractivity contribution in [2.45, 2.75) is 0 Å². The van der Waals surface area contributed by atoms with Gasteiger partial charge in [0.05, 0.1) is 18.3 Å². The molecule has 0 fully saturated rings. The summed E-state index contributed by atoms with van der Waals surface area (Å²) in [5, 5.41) is 0. The third kappa shape index (κ3) is 1.80. The summed E-state index contributed by atoms with van der Waals surface area (Å²) < 4.78 is 34.5. The number of methoxy groups -OCH3 is 1. The third-order valence-electron chi connectivity index (χ3n) is 3.06. The fraction of sp³-hybridized carbons (Fsp3) is 0.0714. The number of rotatable bonds is 2. The Balaban J connectivity index is 2.45. The van der Waals surface area contributed by atoms with Gasteiger partial charge in [-0.2, -0.15) is 0 Å². The summed E-state index contributed by atoms with van der Waals surface area (Å²) in [4.78, 5) is 2.86. The van der Waals surface area contributed by atoms with Crippen LogP contribution < -0.4 is 4.74 Å². The molecule has 1 heterocycles. The maximum Gasteiger partial charge on any atom is 0.184 e. The monoisotopic (exact) mass is 292 g/mol. The van der Waals surface area contributed by atoms with Crippen LogP contribution in [0, 0.1) is 16.4 Å². The fourth-order valence-electron chi connectivity index (χ4n) is 2.18. The number of ether oxygens (including phenoxy) is 1. The largest absolute Gasteiger partial charge is 0.495 e. The SMILES string of the molecule is COc1ccccc1-n1c(=S)[nH]c2ccc(F)c(F)c21.